The zero-order valence-corrected chi connectivity index (χ0v) is 18.3. The Morgan fingerprint density at radius 2 is 1.30 bits per heavy atom. The number of esters is 1. The normalized spacial score (nSPS) is 30.6. The first kappa shape index (κ1) is 26.4. The van der Waals surface area contributed by atoms with E-state index < -0.39 is 65.0 Å². The molecule has 4 rings (SSSR count). The lowest BCUT2D eigenvalue weighted by Crippen LogP contribution is -2.55. The Kier molecular flexibility index (Phi) is 6.33. The predicted molar refractivity (Wildman–Crippen MR) is 95.2 cm³/mol. The highest BCUT2D eigenvalue weighted by atomic mass is 32.3. The summed E-state index contributed by atoms with van der Waals surface area (Å²) in [5.74, 6) is -5.90. The first-order valence-corrected chi connectivity index (χ1v) is 12.6. The van der Waals surface area contributed by atoms with E-state index >= 15 is 0 Å². The van der Waals surface area contributed by atoms with Crippen LogP contribution < -0.4 is 0 Å². The van der Waals surface area contributed by atoms with E-state index in [4.69, 9.17) is 4.74 Å². The summed E-state index contributed by atoms with van der Waals surface area (Å²) >= 11 is 0. The number of nitrogens with zero attached hydrogens (tertiary/aromatic N) is 1. The van der Waals surface area contributed by atoms with Crippen molar-refractivity contribution in [2.45, 2.75) is 61.6 Å². The highest BCUT2D eigenvalue weighted by Crippen LogP contribution is 2.60. The second-order valence-electron chi connectivity index (χ2n) is 8.92. The molecule has 0 saturated heterocycles. The standard InChI is InChI=1S/C16H19F7NO7S2/c17-14(18,15(19,20)32(27,28)24(26)33(29,30)16(21,22)23)1-2-31-12(25)13-6-9-3-10(7-13)5-11(4-9)8-13/h9-11H,1-8H2/q-1. The molecule has 17 heteroatoms. The average Bonchev–Trinajstić information content (AvgIpc) is 2.64. The molecule has 0 aromatic rings. The Morgan fingerprint density at radius 1 is 0.879 bits per heavy atom. The third-order valence-corrected chi connectivity index (χ3v) is 10.0. The van der Waals surface area contributed by atoms with Gasteiger partial charge in [0.1, 0.15) is 0 Å². The maximum atomic E-state index is 14.0. The average molecular weight is 534 g/mol. The molecule has 33 heavy (non-hydrogen) atoms. The van der Waals surface area contributed by atoms with Gasteiger partial charge in [0.2, 0.25) is 0 Å². The molecule has 0 spiro atoms. The molecule has 0 aromatic carbocycles. The fourth-order valence-corrected chi connectivity index (χ4v) is 7.83. The summed E-state index contributed by atoms with van der Waals surface area (Å²) in [6.45, 7) is -1.43. The van der Waals surface area contributed by atoms with Crippen molar-refractivity contribution in [2.75, 3.05) is 6.61 Å². The van der Waals surface area contributed by atoms with Crippen molar-refractivity contribution < 1.29 is 57.1 Å². The Hall–Kier alpha value is -1.20. The van der Waals surface area contributed by atoms with Crippen molar-refractivity contribution >= 4 is 26.0 Å². The molecule has 0 aromatic heterocycles. The summed E-state index contributed by atoms with van der Waals surface area (Å²) in [5.41, 5.74) is -7.59. The van der Waals surface area contributed by atoms with E-state index in [9.17, 15) is 57.6 Å². The number of sulfonamides is 2. The lowest BCUT2D eigenvalue weighted by atomic mass is 9.49. The lowest BCUT2D eigenvalue weighted by molar-refractivity contribution is -0.184. The molecular weight excluding hydrogens is 515 g/mol. The third kappa shape index (κ3) is 4.22. The van der Waals surface area contributed by atoms with Crippen LogP contribution in [0.15, 0.2) is 0 Å². The minimum absolute atomic E-state index is 0.248. The number of hydrogen-bond donors (Lipinski definition) is 0. The topological polar surface area (TPSA) is 121 Å². The van der Waals surface area contributed by atoms with Gasteiger partial charge < -0.3 is 9.94 Å². The van der Waals surface area contributed by atoms with Crippen molar-refractivity contribution in [2.24, 2.45) is 23.2 Å². The monoisotopic (exact) mass is 534 g/mol. The Bertz CT molecular complexity index is 975. The van der Waals surface area contributed by atoms with Crippen LogP contribution >= 0.6 is 0 Å². The van der Waals surface area contributed by atoms with Crippen LogP contribution in [-0.4, -0.2) is 50.0 Å². The number of rotatable bonds is 8. The number of ether oxygens (including phenoxy) is 1. The smallest absolute Gasteiger partial charge is 0.511 e. The number of alkyl halides is 7. The summed E-state index contributed by atoms with van der Waals surface area (Å²) in [4.78, 5) is 12.5. The second-order valence-corrected chi connectivity index (χ2v) is 12.7. The van der Waals surface area contributed by atoms with Gasteiger partial charge >= 0.3 is 32.7 Å². The van der Waals surface area contributed by atoms with Crippen LogP contribution in [0.3, 0.4) is 0 Å². The Morgan fingerprint density at radius 3 is 1.70 bits per heavy atom. The van der Waals surface area contributed by atoms with Crippen molar-refractivity contribution in [3.05, 3.63) is 5.21 Å². The van der Waals surface area contributed by atoms with Crippen LogP contribution in [0.5, 0.6) is 0 Å². The van der Waals surface area contributed by atoms with Crippen LogP contribution in [0.1, 0.15) is 44.9 Å². The molecule has 4 saturated carbocycles. The Labute approximate surface area is 184 Å². The van der Waals surface area contributed by atoms with Gasteiger partial charge in [-0.25, -0.2) is 16.8 Å². The molecule has 4 fully saturated rings. The number of hydrogen-bond acceptors (Lipinski definition) is 7. The summed E-state index contributed by atoms with van der Waals surface area (Å²) in [6.07, 6.45) is 1.90. The van der Waals surface area contributed by atoms with Crippen LogP contribution in [0.25, 0.3) is 0 Å². The molecular formula is C16H19F7NO7S2-. The summed E-state index contributed by atoms with van der Waals surface area (Å²) in [7, 11) is -15.0. The third-order valence-electron chi connectivity index (χ3n) is 6.56. The van der Waals surface area contributed by atoms with Gasteiger partial charge in [-0.2, -0.15) is 34.6 Å². The highest BCUT2D eigenvalue weighted by molar-refractivity contribution is 8.05. The van der Waals surface area contributed by atoms with Crippen molar-refractivity contribution in [3.8, 4) is 0 Å². The minimum atomic E-state index is -7.58. The minimum Gasteiger partial charge on any atom is -0.759 e. The molecule has 4 aliphatic rings. The van der Waals surface area contributed by atoms with Crippen LogP contribution in [0.4, 0.5) is 30.7 Å². The molecule has 0 aliphatic heterocycles. The molecule has 4 aliphatic carbocycles. The van der Waals surface area contributed by atoms with Gasteiger partial charge in [-0.05, 0) is 56.3 Å². The fourth-order valence-electron chi connectivity index (χ4n) is 5.43. The van der Waals surface area contributed by atoms with Gasteiger partial charge in [0.05, 0.1) is 18.4 Å². The predicted octanol–water partition coefficient (Wildman–Crippen LogP) is 3.34. The van der Waals surface area contributed by atoms with E-state index in [1.54, 1.807) is 0 Å². The zero-order chi connectivity index (χ0) is 25.3. The summed E-state index contributed by atoms with van der Waals surface area (Å²) in [6, 6.07) is 0. The van der Waals surface area contributed by atoms with Gasteiger partial charge in [0, 0.05) is 0 Å². The van der Waals surface area contributed by atoms with E-state index in [1.807, 2.05) is 0 Å². The summed E-state index contributed by atoms with van der Waals surface area (Å²) < 4.78 is 139. The molecule has 8 nitrogen and oxygen atoms in total. The van der Waals surface area contributed by atoms with E-state index in [0.717, 1.165) is 19.3 Å². The molecule has 0 amide bonds. The molecule has 0 radical (unpaired) electrons. The SMILES string of the molecule is O=C(OCCC(F)(F)C(F)(F)S(=O)(=O)N([O-])S(=O)(=O)C(F)(F)F)C12CC3CC(CC(C3)C1)C2. The van der Waals surface area contributed by atoms with E-state index in [2.05, 4.69) is 0 Å². The molecule has 0 atom stereocenters. The van der Waals surface area contributed by atoms with Crippen molar-refractivity contribution in [3.63, 3.8) is 0 Å². The molecule has 0 N–H and O–H groups in total. The van der Waals surface area contributed by atoms with Crippen LogP contribution in [-0.2, 0) is 29.6 Å². The molecule has 0 unspecified atom stereocenters. The first-order valence-electron chi connectivity index (χ1n) is 9.73. The van der Waals surface area contributed by atoms with Crippen molar-refractivity contribution in [1.29, 1.82) is 0 Å². The van der Waals surface area contributed by atoms with E-state index in [1.165, 1.54) is 0 Å². The van der Waals surface area contributed by atoms with Gasteiger partial charge in [-0.15, -0.1) is 0 Å². The van der Waals surface area contributed by atoms with E-state index in [0.29, 0.717) is 19.3 Å². The quantitative estimate of drug-likeness (QED) is 0.266. The Balaban J connectivity index is 1.69. The van der Waals surface area contributed by atoms with Crippen LogP contribution in [0.2, 0.25) is 0 Å². The maximum Gasteiger partial charge on any atom is 0.511 e. The lowest BCUT2D eigenvalue weighted by Gasteiger charge is -2.55. The van der Waals surface area contributed by atoms with Crippen LogP contribution in [0, 0.1) is 28.4 Å². The largest absolute Gasteiger partial charge is 0.759 e. The van der Waals surface area contributed by atoms with Gasteiger partial charge in [-0.3, -0.25) is 4.79 Å². The fraction of sp³-hybridized carbons (Fsp3) is 0.938. The highest BCUT2D eigenvalue weighted by Gasteiger charge is 2.68. The van der Waals surface area contributed by atoms with Crippen molar-refractivity contribution in [1.82, 2.24) is 3.87 Å². The van der Waals surface area contributed by atoms with Gasteiger partial charge in [0.25, 0.3) is 10.0 Å². The summed E-state index contributed by atoms with van der Waals surface area (Å²) in [5, 5.41) is 4.54. The zero-order valence-electron chi connectivity index (χ0n) is 16.7. The number of carbonyl (C=O) groups excluding carboxylic acids is 1. The van der Waals surface area contributed by atoms with Gasteiger partial charge in [0.15, 0.2) is 0 Å². The number of carbonyl (C=O) groups is 1. The van der Waals surface area contributed by atoms with E-state index in [-0.39, 0.29) is 17.8 Å². The van der Waals surface area contributed by atoms with Gasteiger partial charge in [-0.1, -0.05) is 0 Å². The number of halogens is 7. The maximum absolute atomic E-state index is 14.0. The molecule has 192 valence electrons. The molecule has 4 bridgehead atoms. The molecule has 0 heterocycles. The second kappa shape index (κ2) is 7.91. The first-order chi connectivity index (χ1) is 14.8.